The van der Waals surface area contributed by atoms with Gasteiger partial charge in [-0.05, 0) is 35.9 Å². The Bertz CT molecular complexity index is 974. The van der Waals surface area contributed by atoms with Crippen LogP contribution in [0.5, 0.6) is 11.5 Å². The van der Waals surface area contributed by atoms with Crippen LogP contribution in [0.1, 0.15) is 15.9 Å². The van der Waals surface area contributed by atoms with E-state index in [9.17, 15) is 9.59 Å². The van der Waals surface area contributed by atoms with E-state index in [2.05, 4.69) is 0 Å². The summed E-state index contributed by atoms with van der Waals surface area (Å²) in [5.41, 5.74) is 0.982. The van der Waals surface area contributed by atoms with Crippen LogP contribution in [0.3, 0.4) is 0 Å². The molecule has 1 fully saturated rings. The lowest BCUT2D eigenvalue weighted by atomic mass is 10.1. The van der Waals surface area contributed by atoms with Crippen LogP contribution in [0.4, 0.5) is 0 Å². The third-order valence-corrected chi connectivity index (χ3v) is 5.58. The molecule has 0 bridgehead atoms. The van der Waals surface area contributed by atoms with Crippen LogP contribution in [0.25, 0.3) is 6.08 Å². The summed E-state index contributed by atoms with van der Waals surface area (Å²) in [6, 6.07) is 11.6. The summed E-state index contributed by atoms with van der Waals surface area (Å²) in [6.45, 7) is 0. The van der Waals surface area contributed by atoms with Gasteiger partial charge in [0.1, 0.15) is 4.32 Å². The molecule has 27 heavy (non-hydrogen) atoms. The van der Waals surface area contributed by atoms with Crippen molar-refractivity contribution in [1.82, 2.24) is 4.90 Å². The number of hydrogen-bond acceptors (Lipinski definition) is 6. The van der Waals surface area contributed by atoms with Crippen LogP contribution >= 0.6 is 35.6 Å². The monoisotopic (exact) mass is 419 g/mol. The molecule has 0 unspecified atom stereocenters. The maximum absolute atomic E-state index is 12.3. The highest BCUT2D eigenvalue weighted by molar-refractivity contribution is 8.26. The molecule has 0 aliphatic carbocycles. The van der Waals surface area contributed by atoms with E-state index < -0.39 is 5.97 Å². The van der Waals surface area contributed by atoms with Crippen molar-refractivity contribution in [3.8, 4) is 11.5 Å². The van der Waals surface area contributed by atoms with Gasteiger partial charge in [0.25, 0.3) is 5.91 Å². The van der Waals surface area contributed by atoms with Crippen molar-refractivity contribution >= 4 is 57.9 Å². The van der Waals surface area contributed by atoms with Crippen molar-refractivity contribution in [3.63, 3.8) is 0 Å². The minimum Gasteiger partial charge on any atom is -0.493 e. The number of ether oxygens (including phenoxy) is 2. The first-order valence-electron chi connectivity index (χ1n) is 7.77. The molecule has 0 aromatic heterocycles. The van der Waals surface area contributed by atoms with Crippen molar-refractivity contribution in [2.24, 2.45) is 0 Å². The fourth-order valence-electron chi connectivity index (χ4n) is 2.34. The first kappa shape index (κ1) is 19.4. The lowest BCUT2D eigenvalue weighted by molar-refractivity contribution is -0.121. The second-order valence-corrected chi connectivity index (χ2v) is 7.60. The van der Waals surface area contributed by atoms with Gasteiger partial charge in [-0.15, -0.1) is 0 Å². The number of thiocarbonyl (C=S) groups is 1. The number of carbonyl (C=O) groups is 2. The van der Waals surface area contributed by atoms with E-state index in [1.165, 1.54) is 23.8 Å². The van der Waals surface area contributed by atoms with E-state index in [0.717, 1.165) is 5.56 Å². The SMILES string of the molecule is COc1cc(C=C2SC(=S)N(C)C2=O)ccc1OC(=O)c1ccccc1Cl. The molecule has 2 aromatic rings. The number of halogens is 1. The van der Waals surface area contributed by atoms with Crippen molar-refractivity contribution in [3.05, 3.63) is 63.5 Å². The molecule has 8 heteroatoms. The van der Waals surface area contributed by atoms with E-state index in [-0.39, 0.29) is 17.2 Å². The molecule has 0 spiro atoms. The maximum Gasteiger partial charge on any atom is 0.345 e. The molecule has 0 atom stereocenters. The fraction of sp³-hybridized carbons (Fsp3) is 0.105. The second-order valence-electron chi connectivity index (χ2n) is 5.52. The van der Waals surface area contributed by atoms with E-state index >= 15 is 0 Å². The number of likely N-dealkylation sites (N-methyl/N-ethyl adjacent to an activating group) is 1. The van der Waals surface area contributed by atoms with Gasteiger partial charge in [0, 0.05) is 7.05 Å². The normalized spacial score (nSPS) is 15.4. The van der Waals surface area contributed by atoms with Gasteiger partial charge >= 0.3 is 5.97 Å². The number of hydrogen-bond donors (Lipinski definition) is 0. The molecule has 1 amide bonds. The molecule has 0 N–H and O–H groups in total. The predicted molar refractivity (Wildman–Crippen MR) is 110 cm³/mol. The van der Waals surface area contributed by atoms with Gasteiger partial charge in [-0.25, -0.2) is 4.79 Å². The number of esters is 1. The number of benzene rings is 2. The van der Waals surface area contributed by atoms with Crippen LogP contribution < -0.4 is 9.47 Å². The highest BCUT2D eigenvalue weighted by Crippen LogP contribution is 2.34. The summed E-state index contributed by atoms with van der Waals surface area (Å²) in [4.78, 5) is 26.4. The zero-order valence-electron chi connectivity index (χ0n) is 14.4. The molecular weight excluding hydrogens is 406 g/mol. The minimum atomic E-state index is -0.585. The fourth-order valence-corrected chi connectivity index (χ4v) is 3.73. The Labute approximate surface area is 170 Å². The third kappa shape index (κ3) is 4.16. The van der Waals surface area contributed by atoms with E-state index in [0.29, 0.717) is 20.0 Å². The molecule has 0 saturated carbocycles. The van der Waals surface area contributed by atoms with Gasteiger partial charge in [-0.3, -0.25) is 9.69 Å². The molecule has 5 nitrogen and oxygen atoms in total. The number of methoxy groups -OCH3 is 1. The summed E-state index contributed by atoms with van der Waals surface area (Å²) >= 11 is 12.4. The Kier molecular flexibility index (Phi) is 5.84. The molecule has 2 aromatic carbocycles. The summed E-state index contributed by atoms with van der Waals surface area (Å²) < 4.78 is 11.2. The number of carbonyl (C=O) groups excluding carboxylic acids is 2. The van der Waals surface area contributed by atoms with E-state index in [1.54, 1.807) is 55.6 Å². The van der Waals surface area contributed by atoms with E-state index in [4.69, 9.17) is 33.3 Å². The van der Waals surface area contributed by atoms with Crippen LogP contribution in [-0.4, -0.2) is 35.3 Å². The van der Waals surface area contributed by atoms with Crippen LogP contribution in [-0.2, 0) is 4.79 Å². The summed E-state index contributed by atoms with van der Waals surface area (Å²) in [5.74, 6) is -0.129. The Morgan fingerprint density at radius 1 is 1.22 bits per heavy atom. The topological polar surface area (TPSA) is 55.8 Å². The predicted octanol–water partition coefficient (Wildman–Crippen LogP) is 4.40. The van der Waals surface area contributed by atoms with Gasteiger partial charge in [0.2, 0.25) is 0 Å². The van der Waals surface area contributed by atoms with Crippen molar-refractivity contribution < 1.29 is 19.1 Å². The van der Waals surface area contributed by atoms with Gasteiger partial charge in [-0.2, -0.15) is 0 Å². The molecular formula is C19H14ClNO4S2. The summed E-state index contributed by atoms with van der Waals surface area (Å²) in [6.07, 6.45) is 1.71. The first-order chi connectivity index (χ1) is 12.9. The lowest BCUT2D eigenvalue weighted by Gasteiger charge is -2.11. The Morgan fingerprint density at radius 3 is 2.59 bits per heavy atom. The first-order valence-corrected chi connectivity index (χ1v) is 9.37. The van der Waals surface area contributed by atoms with Gasteiger partial charge in [-0.1, -0.05) is 53.8 Å². The molecule has 1 heterocycles. The molecule has 1 aliphatic rings. The molecule has 1 aliphatic heterocycles. The van der Waals surface area contributed by atoms with Crippen molar-refractivity contribution in [1.29, 1.82) is 0 Å². The zero-order chi connectivity index (χ0) is 19.6. The third-order valence-electron chi connectivity index (χ3n) is 3.77. The maximum atomic E-state index is 12.3. The van der Waals surface area contributed by atoms with Crippen molar-refractivity contribution in [2.45, 2.75) is 0 Å². The average molecular weight is 420 g/mol. The van der Waals surface area contributed by atoms with Gasteiger partial charge < -0.3 is 9.47 Å². The molecule has 0 radical (unpaired) electrons. The Morgan fingerprint density at radius 2 is 1.96 bits per heavy atom. The summed E-state index contributed by atoms with van der Waals surface area (Å²) in [5, 5.41) is 0.305. The highest BCUT2D eigenvalue weighted by Gasteiger charge is 2.28. The molecule has 1 saturated heterocycles. The molecule has 3 rings (SSSR count). The number of rotatable bonds is 4. The largest absolute Gasteiger partial charge is 0.493 e. The quantitative estimate of drug-likeness (QED) is 0.317. The van der Waals surface area contributed by atoms with Gasteiger partial charge in [0.15, 0.2) is 11.5 Å². The minimum absolute atomic E-state index is 0.154. The lowest BCUT2D eigenvalue weighted by Crippen LogP contribution is -2.22. The average Bonchev–Trinajstić information content (AvgIpc) is 2.90. The van der Waals surface area contributed by atoms with Gasteiger partial charge in [0.05, 0.1) is 22.6 Å². The smallest absolute Gasteiger partial charge is 0.345 e. The highest BCUT2D eigenvalue weighted by atomic mass is 35.5. The molecule has 138 valence electrons. The Balaban J connectivity index is 1.85. The number of thioether (sulfide) groups is 1. The zero-order valence-corrected chi connectivity index (χ0v) is 16.8. The van der Waals surface area contributed by atoms with Crippen LogP contribution in [0, 0.1) is 0 Å². The second kappa shape index (κ2) is 8.12. The standard InChI is InChI=1S/C19H14ClNO4S2/c1-21-17(22)16(27-19(21)26)10-11-7-8-14(15(9-11)24-2)25-18(23)12-5-3-4-6-13(12)20/h3-10H,1-2H3. The number of nitrogens with zero attached hydrogens (tertiary/aromatic N) is 1. The van der Waals surface area contributed by atoms with Crippen LogP contribution in [0.2, 0.25) is 5.02 Å². The van der Waals surface area contributed by atoms with Crippen LogP contribution in [0.15, 0.2) is 47.4 Å². The van der Waals surface area contributed by atoms with E-state index in [1.807, 2.05) is 0 Å². The number of amides is 1. The van der Waals surface area contributed by atoms with Crippen molar-refractivity contribution in [2.75, 3.05) is 14.2 Å². The summed E-state index contributed by atoms with van der Waals surface area (Å²) in [7, 11) is 3.10. The Hall–Kier alpha value is -2.35.